The van der Waals surface area contributed by atoms with Gasteiger partial charge in [0.2, 0.25) is 0 Å². The van der Waals surface area contributed by atoms with Gasteiger partial charge in [-0.3, -0.25) is 9.78 Å². The highest BCUT2D eigenvalue weighted by Crippen LogP contribution is 2.24. The molecule has 0 spiro atoms. The first-order valence-corrected chi connectivity index (χ1v) is 7.69. The maximum Gasteiger partial charge on any atom is 0.326 e. The summed E-state index contributed by atoms with van der Waals surface area (Å²) in [7, 11) is 0. The minimum atomic E-state index is -0.960. The number of nitrogens with zero attached hydrogens (tertiary/aromatic N) is 2. The molecule has 2 heterocycles. The predicted octanol–water partition coefficient (Wildman–Crippen LogP) is 3.09. The predicted molar refractivity (Wildman–Crippen MR) is 86.4 cm³/mol. The van der Waals surface area contributed by atoms with Crippen LogP contribution in [0, 0.1) is 0 Å². The van der Waals surface area contributed by atoms with Crippen molar-refractivity contribution in [1.29, 1.82) is 0 Å². The number of hydrogen-bond donors (Lipinski definition) is 1. The Labute approximate surface area is 138 Å². The fourth-order valence-corrected chi connectivity index (χ4v) is 2.92. The zero-order valence-corrected chi connectivity index (χ0v) is 13.0. The van der Waals surface area contributed by atoms with Crippen LogP contribution in [0.1, 0.15) is 23.2 Å². The number of halogens is 1. The molecule has 1 amide bonds. The molecule has 0 saturated carbocycles. The van der Waals surface area contributed by atoms with E-state index in [9.17, 15) is 14.7 Å². The Balaban J connectivity index is 1.89. The summed E-state index contributed by atoms with van der Waals surface area (Å²) in [6, 6.07) is 8.23. The molecule has 1 fully saturated rings. The van der Waals surface area contributed by atoms with Crippen LogP contribution in [0.3, 0.4) is 0 Å². The number of carboxylic acids is 1. The van der Waals surface area contributed by atoms with Crippen LogP contribution in [0.4, 0.5) is 0 Å². The Hall–Kier alpha value is -2.40. The Morgan fingerprint density at radius 2 is 1.91 bits per heavy atom. The number of carboxylic acid groups (broad SMARTS) is 1. The molecule has 0 radical (unpaired) electrons. The van der Waals surface area contributed by atoms with Gasteiger partial charge in [0.1, 0.15) is 6.04 Å². The molecule has 2 aromatic rings. The lowest BCUT2D eigenvalue weighted by atomic mass is 10.1. The summed E-state index contributed by atoms with van der Waals surface area (Å²) in [5, 5.41) is 9.85. The van der Waals surface area contributed by atoms with E-state index in [1.54, 1.807) is 24.4 Å². The van der Waals surface area contributed by atoms with Gasteiger partial charge in [-0.1, -0.05) is 23.7 Å². The van der Waals surface area contributed by atoms with Crippen molar-refractivity contribution in [2.75, 3.05) is 6.54 Å². The summed E-state index contributed by atoms with van der Waals surface area (Å²) >= 11 is 5.88. The number of hydrogen-bond acceptors (Lipinski definition) is 3. The van der Waals surface area contributed by atoms with Gasteiger partial charge in [0.15, 0.2) is 0 Å². The van der Waals surface area contributed by atoms with E-state index < -0.39 is 12.0 Å². The average molecular weight is 331 g/mol. The van der Waals surface area contributed by atoms with Crippen LogP contribution in [0.15, 0.2) is 42.7 Å². The van der Waals surface area contributed by atoms with E-state index in [4.69, 9.17) is 11.6 Å². The van der Waals surface area contributed by atoms with Gasteiger partial charge in [0, 0.05) is 29.5 Å². The number of amides is 1. The van der Waals surface area contributed by atoms with Gasteiger partial charge in [0.25, 0.3) is 5.91 Å². The van der Waals surface area contributed by atoms with Crippen LogP contribution in [0.25, 0.3) is 11.1 Å². The van der Waals surface area contributed by atoms with Gasteiger partial charge in [-0.25, -0.2) is 4.79 Å². The van der Waals surface area contributed by atoms with Gasteiger partial charge in [-0.15, -0.1) is 0 Å². The second-order valence-corrected chi connectivity index (χ2v) is 5.90. The Morgan fingerprint density at radius 3 is 2.61 bits per heavy atom. The van der Waals surface area contributed by atoms with E-state index in [2.05, 4.69) is 4.98 Å². The number of benzene rings is 1. The number of likely N-dealkylation sites (tertiary alicyclic amines) is 1. The van der Waals surface area contributed by atoms with Gasteiger partial charge in [0.05, 0.1) is 5.56 Å². The van der Waals surface area contributed by atoms with Crippen LogP contribution < -0.4 is 0 Å². The standard InChI is InChI=1S/C17H15ClN2O3/c18-14-5-3-11(4-6-14)12-8-13(10-19-9-12)16(21)20-7-1-2-15(20)17(22)23/h3-6,8-10,15H,1-2,7H2,(H,22,23)/t15-/m0/s1. The fraction of sp³-hybridized carbons (Fsp3) is 0.235. The number of rotatable bonds is 3. The van der Waals surface area contributed by atoms with Crippen LogP contribution in [0.5, 0.6) is 0 Å². The van der Waals surface area contributed by atoms with Crippen LogP contribution in [-0.4, -0.2) is 39.5 Å². The summed E-state index contributed by atoms with van der Waals surface area (Å²) in [4.78, 5) is 29.4. The maximum absolute atomic E-state index is 12.6. The zero-order valence-electron chi connectivity index (χ0n) is 12.3. The number of aromatic nitrogens is 1. The van der Waals surface area contributed by atoms with Crippen LogP contribution in [0.2, 0.25) is 5.02 Å². The molecule has 1 aromatic carbocycles. The van der Waals surface area contributed by atoms with Gasteiger partial charge >= 0.3 is 5.97 Å². The molecule has 1 aromatic heterocycles. The van der Waals surface area contributed by atoms with Gasteiger partial charge in [-0.2, -0.15) is 0 Å². The quantitative estimate of drug-likeness (QED) is 0.938. The highest BCUT2D eigenvalue weighted by atomic mass is 35.5. The van der Waals surface area contributed by atoms with Crippen molar-refractivity contribution in [3.05, 3.63) is 53.3 Å². The summed E-state index contributed by atoms with van der Waals surface area (Å²) in [5.74, 6) is -1.25. The monoisotopic (exact) mass is 330 g/mol. The van der Waals surface area contributed by atoms with Gasteiger partial charge in [-0.05, 0) is 36.6 Å². The molecule has 0 unspecified atom stereocenters. The molecule has 1 saturated heterocycles. The van der Waals surface area contributed by atoms with E-state index >= 15 is 0 Å². The lowest BCUT2D eigenvalue weighted by molar-refractivity contribution is -0.141. The second kappa shape index (κ2) is 6.38. The lowest BCUT2D eigenvalue weighted by Crippen LogP contribution is -2.40. The molecule has 1 N–H and O–H groups in total. The molecule has 0 bridgehead atoms. The first-order chi connectivity index (χ1) is 11.1. The topological polar surface area (TPSA) is 70.5 Å². The van der Waals surface area contributed by atoms with Crippen molar-refractivity contribution >= 4 is 23.5 Å². The van der Waals surface area contributed by atoms with Crippen LogP contribution >= 0.6 is 11.6 Å². The SMILES string of the molecule is O=C(O)[C@@H]1CCCN1C(=O)c1cncc(-c2ccc(Cl)cc2)c1. The first kappa shape index (κ1) is 15.5. The average Bonchev–Trinajstić information content (AvgIpc) is 3.05. The third kappa shape index (κ3) is 3.19. The number of carbonyl (C=O) groups is 2. The fourth-order valence-electron chi connectivity index (χ4n) is 2.79. The van der Waals surface area contributed by atoms with Crippen molar-refractivity contribution in [3.63, 3.8) is 0 Å². The largest absolute Gasteiger partial charge is 0.480 e. The van der Waals surface area contributed by atoms with E-state index in [1.165, 1.54) is 11.1 Å². The second-order valence-electron chi connectivity index (χ2n) is 5.46. The van der Waals surface area contributed by atoms with E-state index in [0.717, 1.165) is 11.1 Å². The van der Waals surface area contributed by atoms with Crippen molar-refractivity contribution in [2.24, 2.45) is 0 Å². The number of aliphatic carboxylic acids is 1. The third-order valence-corrected chi connectivity index (χ3v) is 4.21. The Kier molecular flexibility index (Phi) is 4.30. The molecule has 5 nitrogen and oxygen atoms in total. The number of pyridine rings is 1. The van der Waals surface area contributed by atoms with Crippen molar-refractivity contribution in [3.8, 4) is 11.1 Å². The molecular weight excluding hydrogens is 316 g/mol. The highest BCUT2D eigenvalue weighted by molar-refractivity contribution is 6.30. The molecule has 118 valence electrons. The third-order valence-electron chi connectivity index (χ3n) is 3.96. The molecule has 3 rings (SSSR count). The zero-order chi connectivity index (χ0) is 16.4. The minimum Gasteiger partial charge on any atom is -0.480 e. The van der Waals surface area contributed by atoms with E-state index in [-0.39, 0.29) is 5.91 Å². The molecule has 23 heavy (non-hydrogen) atoms. The first-order valence-electron chi connectivity index (χ1n) is 7.31. The molecule has 0 aliphatic carbocycles. The molecule has 6 heteroatoms. The number of carbonyl (C=O) groups excluding carboxylic acids is 1. The van der Waals surface area contributed by atoms with Gasteiger partial charge < -0.3 is 10.0 Å². The summed E-state index contributed by atoms with van der Waals surface area (Å²) in [6.07, 6.45) is 4.33. The molecule has 1 atom stereocenters. The Morgan fingerprint density at radius 1 is 1.17 bits per heavy atom. The molecule has 1 aliphatic heterocycles. The van der Waals surface area contributed by atoms with E-state index in [1.807, 2.05) is 12.1 Å². The highest BCUT2D eigenvalue weighted by Gasteiger charge is 2.34. The summed E-state index contributed by atoms with van der Waals surface area (Å²) in [5.41, 5.74) is 2.08. The molecular formula is C17H15ClN2O3. The normalized spacial score (nSPS) is 17.3. The summed E-state index contributed by atoms with van der Waals surface area (Å²) in [6.45, 7) is 0.459. The minimum absolute atomic E-state index is 0.293. The smallest absolute Gasteiger partial charge is 0.326 e. The molecule has 1 aliphatic rings. The lowest BCUT2D eigenvalue weighted by Gasteiger charge is -2.21. The maximum atomic E-state index is 12.6. The summed E-state index contributed by atoms with van der Waals surface area (Å²) < 4.78 is 0. The van der Waals surface area contributed by atoms with Crippen molar-refractivity contribution in [1.82, 2.24) is 9.88 Å². The van der Waals surface area contributed by atoms with E-state index in [0.29, 0.717) is 30.0 Å². The van der Waals surface area contributed by atoms with Crippen molar-refractivity contribution < 1.29 is 14.7 Å². The Bertz CT molecular complexity index is 746. The van der Waals surface area contributed by atoms with Crippen LogP contribution in [-0.2, 0) is 4.79 Å². The van der Waals surface area contributed by atoms with Crippen molar-refractivity contribution in [2.45, 2.75) is 18.9 Å².